The molecule has 2 rings (SSSR count). The third-order valence-electron chi connectivity index (χ3n) is 5.25. The summed E-state index contributed by atoms with van der Waals surface area (Å²) in [5.74, 6) is 1.83. The van der Waals surface area contributed by atoms with E-state index in [1.165, 1.54) is 24.8 Å². The second-order valence-electron chi connectivity index (χ2n) is 7.56. The van der Waals surface area contributed by atoms with Crippen LogP contribution in [0.5, 0.6) is 0 Å². The summed E-state index contributed by atoms with van der Waals surface area (Å²) in [4.78, 5) is 7.07. The highest BCUT2D eigenvalue weighted by Crippen LogP contribution is 2.18. The number of rotatable bonds is 12. The average Bonchev–Trinajstić information content (AvgIpc) is 2.74. The summed E-state index contributed by atoms with van der Waals surface area (Å²) >= 11 is 0. The Morgan fingerprint density at radius 1 is 1.18 bits per heavy atom. The van der Waals surface area contributed by atoms with Crippen LogP contribution >= 0.6 is 0 Å². The van der Waals surface area contributed by atoms with E-state index in [2.05, 4.69) is 54.5 Å². The first-order chi connectivity index (χ1) is 13.8. The van der Waals surface area contributed by atoms with Crippen LogP contribution in [0.2, 0.25) is 0 Å². The molecule has 5 heteroatoms. The predicted molar refractivity (Wildman–Crippen MR) is 117 cm³/mol. The van der Waals surface area contributed by atoms with Crippen molar-refractivity contribution in [3.8, 4) is 0 Å². The average molecular weight is 390 g/mol. The highest BCUT2D eigenvalue weighted by Gasteiger charge is 2.15. The third-order valence-corrected chi connectivity index (χ3v) is 5.25. The fourth-order valence-corrected chi connectivity index (χ4v) is 3.42. The van der Waals surface area contributed by atoms with Gasteiger partial charge >= 0.3 is 0 Å². The van der Waals surface area contributed by atoms with Crippen LogP contribution in [-0.4, -0.2) is 64.0 Å². The summed E-state index contributed by atoms with van der Waals surface area (Å²) in [6, 6.07) is 10.5. The van der Waals surface area contributed by atoms with Gasteiger partial charge in [-0.3, -0.25) is 4.99 Å². The Bertz CT molecular complexity index is 530. The van der Waals surface area contributed by atoms with Crippen molar-refractivity contribution < 1.29 is 9.47 Å². The van der Waals surface area contributed by atoms with Gasteiger partial charge in [0.05, 0.1) is 6.61 Å². The highest BCUT2D eigenvalue weighted by atomic mass is 16.5. The van der Waals surface area contributed by atoms with Crippen molar-refractivity contribution in [2.24, 2.45) is 10.9 Å². The summed E-state index contributed by atoms with van der Waals surface area (Å²) in [7, 11) is 2.15. The van der Waals surface area contributed by atoms with Gasteiger partial charge in [-0.1, -0.05) is 30.3 Å². The van der Waals surface area contributed by atoms with E-state index in [-0.39, 0.29) is 0 Å². The van der Waals surface area contributed by atoms with Gasteiger partial charge < -0.3 is 19.7 Å². The number of nitrogens with zero attached hydrogens (tertiary/aromatic N) is 2. The molecule has 1 aliphatic heterocycles. The third kappa shape index (κ3) is 9.56. The first-order valence-electron chi connectivity index (χ1n) is 11.0. The molecule has 0 bridgehead atoms. The molecular formula is C23H39N3O2. The molecule has 0 amide bonds. The molecule has 1 heterocycles. The normalized spacial score (nSPS) is 15.6. The molecule has 0 saturated carbocycles. The summed E-state index contributed by atoms with van der Waals surface area (Å²) in [6.07, 6.45) is 6.73. The molecular weight excluding hydrogens is 350 g/mol. The molecule has 0 atom stereocenters. The van der Waals surface area contributed by atoms with E-state index in [1.807, 2.05) is 0 Å². The number of hydrogen-bond acceptors (Lipinski definition) is 3. The number of aliphatic imine (C=N–C) groups is 1. The highest BCUT2D eigenvalue weighted by molar-refractivity contribution is 5.79. The quantitative estimate of drug-likeness (QED) is 0.336. The lowest BCUT2D eigenvalue weighted by molar-refractivity contribution is 0.0625. The van der Waals surface area contributed by atoms with Crippen molar-refractivity contribution in [2.75, 3.05) is 53.1 Å². The SMILES string of the molecule is CCNC(=NCCCCOCCc1ccccc1)N(C)CCC1CCOCC1. The summed E-state index contributed by atoms with van der Waals surface area (Å²) in [6.45, 7) is 8.41. The lowest BCUT2D eigenvalue weighted by Crippen LogP contribution is -2.40. The number of nitrogens with one attached hydrogen (secondary N) is 1. The fraction of sp³-hybridized carbons (Fsp3) is 0.696. The van der Waals surface area contributed by atoms with Gasteiger partial charge in [-0.2, -0.15) is 0 Å². The van der Waals surface area contributed by atoms with Crippen LogP contribution in [0.4, 0.5) is 0 Å². The number of benzene rings is 1. The van der Waals surface area contributed by atoms with Crippen LogP contribution in [0.15, 0.2) is 35.3 Å². The Hall–Kier alpha value is -1.59. The van der Waals surface area contributed by atoms with Crippen molar-refractivity contribution in [3.05, 3.63) is 35.9 Å². The maximum absolute atomic E-state index is 5.76. The van der Waals surface area contributed by atoms with Crippen molar-refractivity contribution in [3.63, 3.8) is 0 Å². The van der Waals surface area contributed by atoms with Gasteiger partial charge in [0.1, 0.15) is 0 Å². The first kappa shape index (κ1) is 22.7. The van der Waals surface area contributed by atoms with E-state index < -0.39 is 0 Å². The Morgan fingerprint density at radius 3 is 2.71 bits per heavy atom. The molecule has 0 radical (unpaired) electrons. The molecule has 5 nitrogen and oxygen atoms in total. The predicted octanol–water partition coefficient (Wildman–Crippen LogP) is 3.74. The molecule has 1 aromatic carbocycles. The van der Waals surface area contributed by atoms with E-state index >= 15 is 0 Å². The molecule has 1 aromatic rings. The standard InChI is InChI=1S/C23H39N3O2/c1-3-24-23(26(2)16-11-22-13-19-28-20-14-22)25-15-7-8-17-27-18-12-21-9-5-4-6-10-21/h4-6,9-10,22H,3,7-8,11-20H2,1-2H3,(H,24,25). The van der Waals surface area contributed by atoms with Crippen LogP contribution in [0.1, 0.15) is 44.6 Å². The Kier molecular flexibility index (Phi) is 11.7. The fourth-order valence-electron chi connectivity index (χ4n) is 3.42. The molecule has 0 aliphatic carbocycles. The Morgan fingerprint density at radius 2 is 1.96 bits per heavy atom. The van der Waals surface area contributed by atoms with Gasteiger partial charge in [-0.05, 0) is 56.9 Å². The van der Waals surface area contributed by atoms with Crippen LogP contribution in [0.25, 0.3) is 0 Å². The monoisotopic (exact) mass is 389 g/mol. The molecule has 28 heavy (non-hydrogen) atoms. The van der Waals surface area contributed by atoms with Crippen molar-refractivity contribution in [2.45, 2.75) is 45.4 Å². The maximum Gasteiger partial charge on any atom is 0.193 e. The lowest BCUT2D eigenvalue weighted by atomic mass is 9.96. The van der Waals surface area contributed by atoms with Crippen molar-refractivity contribution in [1.29, 1.82) is 0 Å². The molecule has 158 valence electrons. The second kappa shape index (κ2) is 14.4. The number of ether oxygens (including phenoxy) is 2. The minimum Gasteiger partial charge on any atom is -0.381 e. The van der Waals surface area contributed by atoms with E-state index in [0.29, 0.717) is 0 Å². The Balaban J connectivity index is 1.56. The van der Waals surface area contributed by atoms with Crippen LogP contribution in [-0.2, 0) is 15.9 Å². The van der Waals surface area contributed by atoms with Gasteiger partial charge in [0.2, 0.25) is 0 Å². The lowest BCUT2D eigenvalue weighted by Gasteiger charge is -2.26. The molecule has 1 N–H and O–H groups in total. The van der Waals surface area contributed by atoms with E-state index in [9.17, 15) is 0 Å². The molecule has 1 saturated heterocycles. The van der Waals surface area contributed by atoms with Crippen LogP contribution in [0.3, 0.4) is 0 Å². The molecule has 1 aliphatic rings. The zero-order valence-corrected chi connectivity index (χ0v) is 17.9. The molecule has 0 unspecified atom stereocenters. The van der Waals surface area contributed by atoms with Crippen molar-refractivity contribution >= 4 is 5.96 Å². The van der Waals surface area contributed by atoms with E-state index in [4.69, 9.17) is 14.5 Å². The number of unbranched alkanes of at least 4 members (excludes halogenated alkanes) is 1. The summed E-state index contributed by atoms with van der Waals surface area (Å²) < 4.78 is 11.2. The smallest absolute Gasteiger partial charge is 0.193 e. The van der Waals surface area contributed by atoms with Gasteiger partial charge in [0.15, 0.2) is 5.96 Å². The zero-order chi connectivity index (χ0) is 19.9. The van der Waals surface area contributed by atoms with E-state index in [0.717, 1.165) is 77.2 Å². The number of hydrogen-bond donors (Lipinski definition) is 1. The first-order valence-corrected chi connectivity index (χ1v) is 11.0. The zero-order valence-electron chi connectivity index (χ0n) is 17.9. The largest absolute Gasteiger partial charge is 0.381 e. The van der Waals surface area contributed by atoms with Crippen LogP contribution in [0, 0.1) is 5.92 Å². The molecule has 0 spiro atoms. The Labute approximate surface area is 171 Å². The topological polar surface area (TPSA) is 46.1 Å². The van der Waals surface area contributed by atoms with Gasteiger partial charge in [-0.15, -0.1) is 0 Å². The molecule has 0 aromatic heterocycles. The maximum atomic E-state index is 5.76. The van der Waals surface area contributed by atoms with E-state index in [1.54, 1.807) is 0 Å². The minimum absolute atomic E-state index is 0.796. The second-order valence-corrected chi connectivity index (χ2v) is 7.56. The summed E-state index contributed by atoms with van der Waals surface area (Å²) in [5, 5.41) is 3.42. The van der Waals surface area contributed by atoms with Gasteiger partial charge in [-0.25, -0.2) is 0 Å². The minimum atomic E-state index is 0.796. The van der Waals surface area contributed by atoms with Gasteiger partial charge in [0.25, 0.3) is 0 Å². The number of guanidine groups is 1. The van der Waals surface area contributed by atoms with Crippen molar-refractivity contribution in [1.82, 2.24) is 10.2 Å². The summed E-state index contributed by atoms with van der Waals surface area (Å²) in [5.41, 5.74) is 1.34. The van der Waals surface area contributed by atoms with Gasteiger partial charge in [0, 0.05) is 46.5 Å². The molecule has 1 fully saturated rings. The van der Waals surface area contributed by atoms with Crippen LogP contribution < -0.4 is 5.32 Å².